The molecule has 0 aromatic carbocycles. The maximum absolute atomic E-state index is 10.8. The Kier molecular flexibility index (Phi) is 14.5. The van der Waals surface area contributed by atoms with Crippen molar-refractivity contribution in [3.63, 3.8) is 0 Å². The van der Waals surface area contributed by atoms with E-state index in [1.165, 1.54) is 0 Å². The summed E-state index contributed by atoms with van der Waals surface area (Å²) in [7, 11) is -5.12. The van der Waals surface area contributed by atoms with Gasteiger partial charge in [0, 0.05) is 13.0 Å². The molecule has 0 aliphatic carbocycles. The van der Waals surface area contributed by atoms with Crippen LogP contribution in [0.15, 0.2) is 0 Å². The van der Waals surface area contributed by atoms with Crippen molar-refractivity contribution in [2.45, 2.75) is 11.7 Å². The van der Waals surface area contributed by atoms with Crippen LogP contribution in [-0.4, -0.2) is 48.4 Å². The smallest absolute Gasteiger partial charge is 0.747 e. The third kappa shape index (κ3) is 10.4. The fraction of sp³-hybridized carbons (Fsp3) is 0.667. The van der Waals surface area contributed by atoms with E-state index < -0.39 is 33.7 Å². The summed E-state index contributed by atoms with van der Waals surface area (Å²) >= 11 is 0. The molecular formula is C6H9NNa2O7S. The van der Waals surface area contributed by atoms with Crippen LogP contribution in [0, 0.1) is 0 Å². The average molecular weight is 285 g/mol. The van der Waals surface area contributed by atoms with Crippen LogP contribution in [0.1, 0.15) is 6.42 Å². The predicted molar refractivity (Wildman–Crippen MR) is 43.2 cm³/mol. The Hall–Kier alpha value is 0.810. The third-order valence-electron chi connectivity index (χ3n) is 1.42. The van der Waals surface area contributed by atoms with Gasteiger partial charge in [-0.3, -0.25) is 4.79 Å². The molecule has 0 aliphatic rings. The summed E-state index contributed by atoms with van der Waals surface area (Å²) in [6, 6.07) is 0. The minimum Gasteiger partial charge on any atom is -0.747 e. The molecule has 0 radical (unpaired) electrons. The zero-order chi connectivity index (χ0) is 12.1. The van der Waals surface area contributed by atoms with Gasteiger partial charge >= 0.3 is 59.1 Å². The van der Waals surface area contributed by atoms with Gasteiger partial charge in [0.05, 0.1) is 17.8 Å². The van der Waals surface area contributed by atoms with Gasteiger partial charge < -0.3 is 24.9 Å². The first-order chi connectivity index (χ1) is 6.79. The van der Waals surface area contributed by atoms with E-state index in [1.54, 1.807) is 0 Å². The van der Waals surface area contributed by atoms with Gasteiger partial charge in [0.15, 0.2) is 0 Å². The number of aliphatic hydroxyl groups excluding tert-OH is 1. The number of rotatable bonds is 6. The molecular weight excluding hydrogens is 276 g/mol. The van der Waals surface area contributed by atoms with Gasteiger partial charge in [-0.25, -0.2) is 8.42 Å². The summed E-state index contributed by atoms with van der Waals surface area (Å²) in [5, 5.41) is 18.1. The van der Waals surface area contributed by atoms with Crippen LogP contribution in [0.4, 0.5) is 0 Å². The second-order valence-electron chi connectivity index (χ2n) is 2.58. The monoisotopic (exact) mass is 285 g/mol. The summed E-state index contributed by atoms with van der Waals surface area (Å²) < 4.78 is 31.1. The SMILES string of the molecule is O=C(CC(C(=O)[O-])S(=O)(=O)[O-])NCCO.[Na+].[Na+]. The fourth-order valence-electron chi connectivity index (χ4n) is 0.739. The van der Waals surface area contributed by atoms with Crippen LogP contribution in [0.3, 0.4) is 0 Å². The largest absolute Gasteiger partial charge is 1.00 e. The maximum atomic E-state index is 10.8. The third-order valence-corrected chi connectivity index (χ3v) is 2.47. The first-order valence-corrected chi connectivity index (χ1v) is 5.29. The molecule has 0 spiro atoms. The van der Waals surface area contributed by atoms with Gasteiger partial charge in [-0.15, -0.1) is 0 Å². The number of hydrogen-bond donors (Lipinski definition) is 2. The summed E-state index contributed by atoms with van der Waals surface area (Å²) in [5.74, 6) is -3.08. The molecule has 17 heavy (non-hydrogen) atoms. The van der Waals surface area contributed by atoms with Crippen LogP contribution in [-0.2, 0) is 19.7 Å². The van der Waals surface area contributed by atoms with Crippen molar-refractivity contribution in [3.8, 4) is 0 Å². The molecule has 0 aliphatic heterocycles. The molecule has 1 unspecified atom stereocenters. The van der Waals surface area contributed by atoms with Crippen molar-refractivity contribution in [1.82, 2.24) is 5.32 Å². The van der Waals surface area contributed by atoms with Crippen molar-refractivity contribution in [1.29, 1.82) is 0 Å². The molecule has 0 rings (SSSR count). The van der Waals surface area contributed by atoms with E-state index in [0.29, 0.717) is 0 Å². The number of carbonyl (C=O) groups excluding carboxylic acids is 2. The van der Waals surface area contributed by atoms with Crippen LogP contribution >= 0.6 is 0 Å². The molecule has 0 saturated carbocycles. The van der Waals surface area contributed by atoms with E-state index in [2.05, 4.69) is 0 Å². The van der Waals surface area contributed by atoms with E-state index >= 15 is 0 Å². The number of aliphatic hydroxyl groups is 1. The van der Waals surface area contributed by atoms with Gasteiger partial charge in [-0.2, -0.15) is 0 Å². The van der Waals surface area contributed by atoms with Crippen molar-refractivity contribution in [2.24, 2.45) is 0 Å². The molecule has 0 aromatic rings. The van der Waals surface area contributed by atoms with Crippen LogP contribution in [0.5, 0.6) is 0 Å². The van der Waals surface area contributed by atoms with E-state index in [4.69, 9.17) is 5.11 Å². The van der Waals surface area contributed by atoms with Crippen molar-refractivity contribution < 1.29 is 91.9 Å². The number of carboxylic acid groups (broad SMARTS) is 1. The molecule has 88 valence electrons. The Morgan fingerprint density at radius 2 is 1.76 bits per heavy atom. The second-order valence-corrected chi connectivity index (χ2v) is 4.13. The molecule has 0 saturated heterocycles. The van der Waals surface area contributed by atoms with Crippen LogP contribution < -0.4 is 69.5 Å². The van der Waals surface area contributed by atoms with Crippen LogP contribution in [0.25, 0.3) is 0 Å². The van der Waals surface area contributed by atoms with Gasteiger partial charge in [-0.05, 0) is 0 Å². The minimum absolute atomic E-state index is 0. The molecule has 1 atom stereocenters. The molecule has 0 bridgehead atoms. The zero-order valence-electron chi connectivity index (χ0n) is 9.50. The number of nitrogens with one attached hydrogen (secondary N) is 1. The predicted octanol–water partition coefficient (Wildman–Crippen LogP) is -9.84. The zero-order valence-corrected chi connectivity index (χ0v) is 14.3. The topological polar surface area (TPSA) is 147 Å². The standard InChI is InChI=1S/C6H11NO7S.2Na/c8-2-1-7-5(9)3-4(6(10)11)15(12,13)14;;/h4,8H,1-3H2,(H,7,9)(H,10,11)(H,12,13,14);;/q;2*+1/p-2. The Balaban J connectivity index is -0.000000980. The fourth-order valence-corrected chi connectivity index (χ4v) is 1.33. The average Bonchev–Trinajstić information content (AvgIpc) is 2.08. The molecule has 8 nitrogen and oxygen atoms in total. The summed E-state index contributed by atoms with van der Waals surface area (Å²) in [6.07, 6.45) is -1.02. The van der Waals surface area contributed by atoms with Crippen molar-refractivity contribution >= 4 is 22.0 Å². The minimum atomic E-state index is -5.12. The summed E-state index contributed by atoms with van der Waals surface area (Å²) in [5.41, 5.74) is 0. The number of carbonyl (C=O) groups is 2. The second kappa shape index (κ2) is 10.7. The van der Waals surface area contributed by atoms with Gasteiger partial charge in [0.2, 0.25) is 5.91 Å². The first kappa shape index (κ1) is 22.9. The number of amides is 1. The Morgan fingerprint density at radius 3 is 2.06 bits per heavy atom. The summed E-state index contributed by atoms with van der Waals surface area (Å²) in [4.78, 5) is 21.1. The molecule has 0 fully saturated rings. The van der Waals surface area contributed by atoms with E-state index in [1.807, 2.05) is 5.32 Å². The molecule has 2 N–H and O–H groups in total. The molecule has 1 amide bonds. The van der Waals surface area contributed by atoms with E-state index in [9.17, 15) is 27.7 Å². The molecule has 0 aromatic heterocycles. The van der Waals surface area contributed by atoms with Crippen LogP contribution in [0.2, 0.25) is 0 Å². The normalized spacial score (nSPS) is 11.6. The van der Waals surface area contributed by atoms with Crippen molar-refractivity contribution in [3.05, 3.63) is 0 Å². The van der Waals surface area contributed by atoms with Gasteiger partial charge in [0.25, 0.3) is 0 Å². The van der Waals surface area contributed by atoms with Gasteiger partial charge in [0.1, 0.15) is 10.1 Å². The van der Waals surface area contributed by atoms with Gasteiger partial charge in [-0.1, -0.05) is 0 Å². The molecule has 11 heteroatoms. The Morgan fingerprint density at radius 1 is 1.29 bits per heavy atom. The molecule has 0 heterocycles. The Bertz CT molecular complexity index is 344. The number of carboxylic acids is 1. The maximum Gasteiger partial charge on any atom is 1.00 e. The number of aliphatic carboxylic acids is 1. The first-order valence-electron chi connectivity index (χ1n) is 3.82. The summed E-state index contributed by atoms with van der Waals surface area (Å²) in [6.45, 7) is -0.538. The van der Waals surface area contributed by atoms with E-state index in [-0.39, 0.29) is 72.3 Å². The Labute approximate surface area is 142 Å². The van der Waals surface area contributed by atoms with Crippen molar-refractivity contribution in [2.75, 3.05) is 13.2 Å². The number of hydrogen-bond acceptors (Lipinski definition) is 7. The van der Waals surface area contributed by atoms with E-state index in [0.717, 1.165) is 0 Å². The quantitative estimate of drug-likeness (QED) is 0.364.